The summed E-state index contributed by atoms with van der Waals surface area (Å²) in [4.78, 5) is 11.0. The van der Waals surface area contributed by atoms with Crippen molar-refractivity contribution in [2.75, 3.05) is 13.6 Å². The lowest BCUT2D eigenvalue weighted by Crippen LogP contribution is -2.61. The highest BCUT2D eigenvalue weighted by atomic mass is 16.7. The van der Waals surface area contributed by atoms with Gasteiger partial charge in [0.2, 0.25) is 6.29 Å². The van der Waals surface area contributed by atoms with Crippen molar-refractivity contribution in [3.05, 3.63) is 23.8 Å². The maximum atomic E-state index is 11.0. The molecule has 0 spiro atoms. The van der Waals surface area contributed by atoms with Crippen molar-refractivity contribution >= 4 is 5.97 Å². The molecule has 0 bridgehead atoms. The van der Waals surface area contributed by atoms with Gasteiger partial charge in [-0.2, -0.15) is 0 Å². The molecule has 0 amide bonds. The summed E-state index contributed by atoms with van der Waals surface area (Å²) in [6.45, 7) is 0.258. The van der Waals surface area contributed by atoms with Gasteiger partial charge in [-0.3, -0.25) is 0 Å². The second kappa shape index (κ2) is 7.95. The molecule has 140 valence electrons. The van der Waals surface area contributed by atoms with Crippen LogP contribution in [0, 0.1) is 0 Å². The van der Waals surface area contributed by atoms with Gasteiger partial charge in [0.1, 0.15) is 18.3 Å². The fourth-order valence-corrected chi connectivity index (χ4v) is 2.43. The van der Waals surface area contributed by atoms with E-state index in [0.29, 0.717) is 5.56 Å². The average molecular weight is 359 g/mol. The molecule has 7 N–H and O–H groups in total. The summed E-state index contributed by atoms with van der Waals surface area (Å²) < 4.78 is 10.2. The summed E-state index contributed by atoms with van der Waals surface area (Å²) in [6, 6.07) is 4.01. The van der Waals surface area contributed by atoms with E-state index in [2.05, 4.69) is 5.32 Å². The molecule has 0 radical (unpaired) electrons. The van der Waals surface area contributed by atoms with Crippen molar-refractivity contribution in [3.8, 4) is 11.5 Å². The number of carboxylic acid groups (broad SMARTS) is 1. The first-order valence-electron chi connectivity index (χ1n) is 7.51. The number of aliphatic hydroxyl groups excluding tert-OH is 4. The Kier molecular flexibility index (Phi) is 6.16. The van der Waals surface area contributed by atoms with Crippen LogP contribution in [0.15, 0.2) is 18.2 Å². The molecule has 1 aromatic rings. The third-order valence-electron chi connectivity index (χ3n) is 3.82. The summed E-state index contributed by atoms with van der Waals surface area (Å²) in [5.74, 6) is -2.07. The maximum Gasteiger partial charge on any atom is 0.335 e. The molecule has 1 heterocycles. The van der Waals surface area contributed by atoms with E-state index in [4.69, 9.17) is 14.6 Å². The van der Waals surface area contributed by atoms with Gasteiger partial charge in [-0.15, -0.1) is 0 Å². The first-order valence-corrected chi connectivity index (χ1v) is 7.51. The summed E-state index contributed by atoms with van der Waals surface area (Å²) in [7, 11) is 1.65. The molecule has 1 aliphatic rings. The van der Waals surface area contributed by atoms with Crippen molar-refractivity contribution in [3.63, 3.8) is 0 Å². The minimum Gasteiger partial charge on any atom is -0.504 e. The van der Waals surface area contributed by atoms with Gasteiger partial charge in [0, 0.05) is 6.54 Å². The molecule has 0 aliphatic carbocycles. The Balaban J connectivity index is 2.16. The first kappa shape index (κ1) is 19.4. The standard InChI is InChI=1S/C15H21NO9/c1-16-5-8(18)6-2-3-9(7(17)4-6)24-15-12(21)10(19)11(20)13(25-15)14(22)23/h2-4,8,10-13,15-21H,5H2,1H3,(H,22,23)/t8-,10+,11+,12-,13-,15-/m1/s1. The van der Waals surface area contributed by atoms with Crippen molar-refractivity contribution in [2.45, 2.75) is 36.8 Å². The number of hydrogen-bond donors (Lipinski definition) is 7. The van der Waals surface area contributed by atoms with E-state index in [1.165, 1.54) is 18.2 Å². The van der Waals surface area contributed by atoms with Crippen LogP contribution in [0.4, 0.5) is 0 Å². The second-order valence-electron chi connectivity index (χ2n) is 5.65. The van der Waals surface area contributed by atoms with Crippen molar-refractivity contribution < 1.29 is 44.9 Å². The van der Waals surface area contributed by atoms with E-state index >= 15 is 0 Å². The van der Waals surface area contributed by atoms with Gasteiger partial charge < -0.3 is 45.4 Å². The number of carbonyl (C=O) groups is 1. The zero-order valence-corrected chi connectivity index (χ0v) is 13.3. The van der Waals surface area contributed by atoms with Crippen LogP contribution in [-0.4, -0.2) is 80.9 Å². The Morgan fingerprint density at radius 2 is 1.96 bits per heavy atom. The number of benzene rings is 1. The Bertz CT molecular complexity index is 611. The number of phenolic OH excluding ortho intramolecular Hbond substituents is 1. The number of likely N-dealkylation sites (N-methyl/N-ethyl adjacent to an activating group) is 1. The lowest BCUT2D eigenvalue weighted by atomic mass is 9.99. The predicted molar refractivity (Wildman–Crippen MR) is 81.9 cm³/mol. The molecule has 2 rings (SSSR count). The van der Waals surface area contributed by atoms with E-state index in [-0.39, 0.29) is 18.0 Å². The fourth-order valence-electron chi connectivity index (χ4n) is 2.43. The topological polar surface area (TPSA) is 169 Å². The number of carboxylic acids is 1. The molecule has 1 aliphatic heterocycles. The van der Waals surface area contributed by atoms with Crippen LogP contribution < -0.4 is 10.1 Å². The summed E-state index contributed by atoms with van der Waals surface area (Å²) in [6.07, 6.45) is -9.67. The van der Waals surface area contributed by atoms with Gasteiger partial charge in [0.05, 0.1) is 6.10 Å². The maximum absolute atomic E-state index is 11.0. The zero-order valence-electron chi connectivity index (χ0n) is 13.3. The lowest BCUT2D eigenvalue weighted by Gasteiger charge is -2.38. The van der Waals surface area contributed by atoms with Crippen LogP contribution in [0.5, 0.6) is 11.5 Å². The molecule has 6 atom stereocenters. The first-order chi connectivity index (χ1) is 11.8. The quantitative estimate of drug-likeness (QED) is 0.299. The molecule has 1 saturated heterocycles. The van der Waals surface area contributed by atoms with Gasteiger partial charge in [-0.1, -0.05) is 6.07 Å². The molecule has 25 heavy (non-hydrogen) atoms. The minimum atomic E-state index is -1.83. The van der Waals surface area contributed by atoms with Gasteiger partial charge in [-0.25, -0.2) is 4.79 Å². The highest BCUT2D eigenvalue weighted by molar-refractivity contribution is 5.73. The summed E-state index contributed by atoms with van der Waals surface area (Å²) in [5.41, 5.74) is 0.406. The molecular formula is C15H21NO9. The van der Waals surface area contributed by atoms with Crippen LogP contribution in [-0.2, 0) is 9.53 Å². The van der Waals surface area contributed by atoms with Crippen LogP contribution in [0.25, 0.3) is 0 Å². The van der Waals surface area contributed by atoms with E-state index in [0.717, 1.165) is 0 Å². The third kappa shape index (κ3) is 4.18. The monoisotopic (exact) mass is 359 g/mol. The van der Waals surface area contributed by atoms with Crippen molar-refractivity contribution in [2.24, 2.45) is 0 Å². The smallest absolute Gasteiger partial charge is 0.335 e. The van der Waals surface area contributed by atoms with E-state index in [1.54, 1.807) is 7.05 Å². The number of ether oxygens (including phenoxy) is 2. The third-order valence-corrected chi connectivity index (χ3v) is 3.82. The Hall–Kier alpha value is -1.95. The van der Waals surface area contributed by atoms with Crippen molar-refractivity contribution in [1.29, 1.82) is 0 Å². The van der Waals surface area contributed by atoms with Gasteiger partial charge in [0.25, 0.3) is 0 Å². The van der Waals surface area contributed by atoms with Gasteiger partial charge >= 0.3 is 5.97 Å². The number of nitrogens with one attached hydrogen (secondary N) is 1. The van der Waals surface area contributed by atoms with Gasteiger partial charge in [0.15, 0.2) is 17.6 Å². The van der Waals surface area contributed by atoms with Crippen LogP contribution in [0.1, 0.15) is 11.7 Å². The Morgan fingerprint density at radius 3 is 2.52 bits per heavy atom. The lowest BCUT2D eigenvalue weighted by molar-refractivity contribution is -0.271. The SMILES string of the molecule is CNC[C@@H](O)c1ccc(O[C@@H]2O[C@@H](C(=O)O)[C@@H](O)[C@H](O)[C@H]2O)c(O)c1. The van der Waals surface area contributed by atoms with Crippen LogP contribution in [0.2, 0.25) is 0 Å². The molecule has 1 fully saturated rings. The molecule has 10 heteroatoms. The number of hydrogen-bond acceptors (Lipinski definition) is 9. The zero-order chi connectivity index (χ0) is 18.7. The highest BCUT2D eigenvalue weighted by Gasteiger charge is 2.48. The summed E-state index contributed by atoms with van der Waals surface area (Å²) in [5, 5.41) is 60.8. The van der Waals surface area contributed by atoms with E-state index in [1.807, 2.05) is 0 Å². The molecular weight excluding hydrogens is 338 g/mol. The van der Waals surface area contributed by atoms with E-state index in [9.17, 15) is 30.3 Å². The number of aliphatic carboxylic acids is 1. The Labute approximate surface area is 142 Å². The van der Waals surface area contributed by atoms with Crippen molar-refractivity contribution in [1.82, 2.24) is 5.32 Å². The normalized spacial score (nSPS) is 30.7. The molecule has 10 nitrogen and oxygen atoms in total. The summed E-state index contributed by atoms with van der Waals surface area (Å²) >= 11 is 0. The van der Waals surface area contributed by atoms with Crippen LogP contribution in [0.3, 0.4) is 0 Å². The molecule has 1 aromatic carbocycles. The molecule has 0 saturated carbocycles. The average Bonchev–Trinajstić information content (AvgIpc) is 2.56. The Morgan fingerprint density at radius 1 is 1.28 bits per heavy atom. The highest BCUT2D eigenvalue weighted by Crippen LogP contribution is 2.32. The predicted octanol–water partition coefficient (Wildman–Crippen LogP) is -2.08. The molecule has 0 aromatic heterocycles. The second-order valence-corrected chi connectivity index (χ2v) is 5.65. The number of rotatable bonds is 6. The fraction of sp³-hybridized carbons (Fsp3) is 0.533. The minimum absolute atomic E-state index is 0.155. The largest absolute Gasteiger partial charge is 0.504 e. The van der Waals surface area contributed by atoms with Crippen LogP contribution >= 0.6 is 0 Å². The number of aromatic hydroxyl groups is 1. The van der Waals surface area contributed by atoms with E-state index < -0.39 is 42.8 Å². The number of phenols is 1. The van der Waals surface area contributed by atoms with Gasteiger partial charge in [-0.05, 0) is 24.7 Å². The molecule has 0 unspecified atom stereocenters. The number of aliphatic hydroxyl groups is 4.